The van der Waals surface area contributed by atoms with Crippen molar-refractivity contribution in [2.75, 3.05) is 10.0 Å². The van der Waals surface area contributed by atoms with Crippen molar-refractivity contribution in [3.05, 3.63) is 101 Å². The van der Waals surface area contributed by atoms with Crippen molar-refractivity contribution in [3.63, 3.8) is 0 Å². The Morgan fingerprint density at radius 2 is 1.74 bits per heavy atom. The molecule has 8 heteroatoms. The summed E-state index contributed by atoms with van der Waals surface area (Å²) in [6, 6.07) is 15.4. The Hall–Kier alpha value is -3.26. The van der Waals surface area contributed by atoms with Crippen LogP contribution in [-0.2, 0) is 16.2 Å². The number of halogens is 3. The van der Waals surface area contributed by atoms with Crippen LogP contribution in [0.5, 0.6) is 0 Å². The highest BCUT2D eigenvalue weighted by molar-refractivity contribution is 7.92. The van der Waals surface area contributed by atoms with Gasteiger partial charge in [-0.1, -0.05) is 48.0 Å². The zero-order valence-electron chi connectivity index (χ0n) is 19.2. The third-order valence-corrected chi connectivity index (χ3v) is 8.24. The van der Waals surface area contributed by atoms with Crippen LogP contribution in [0, 0.1) is 19.8 Å². The van der Waals surface area contributed by atoms with E-state index in [1.165, 1.54) is 18.2 Å². The van der Waals surface area contributed by atoms with E-state index in [1.54, 1.807) is 24.3 Å². The molecule has 3 aromatic carbocycles. The second kappa shape index (κ2) is 8.45. The van der Waals surface area contributed by atoms with E-state index in [1.807, 2.05) is 38.1 Å². The number of nitrogens with one attached hydrogen (secondary N) is 2. The summed E-state index contributed by atoms with van der Waals surface area (Å²) in [6.45, 7) is 3.78. The molecule has 0 spiro atoms. The fraction of sp³-hybridized carbons (Fsp3) is 0.259. The van der Waals surface area contributed by atoms with Gasteiger partial charge in [-0.25, -0.2) is 8.42 Å². The van der Waals surface area contributed by atoms with Gasteiger partial charge in [-0.2, -0.15) is 13.2 Å². The summed E-state index contributed by atoms with van der Waals surface area (Å²) in [7, 11) is -3.85. The summed E-state index contributed by atoms with van der Waals surface area (Å²) >= 11 is 0. The number of anilines is 2. The van der Waals surface area contributed by atoms with Crippen LogP contribution in [0.4, 0.5) is 24.5 Å². The monoisotopic (exact) mass is 498 g/mol. The molecule has 1 heterocycles. The molecular formula is C27H25F3N2O2S. The van der Waals surface area contributed by atoms with E-state index >= 15 is 0 Å². The molecular weight excluding hydrogens is 473 g/mol. The van der Waals surface area contributed by atoms with Crippen LogP contribution < -0.4 is 10.0 Å². The van der Waals surface area contributed by atoms with Gasteiger partial charge in [0.05, 0.1) is 22.2 Å². The first-order valence-corrected chi connectivity index (χ1v) is 12.9. The van der Waals surface area contributed by atoms with Crippen molar-refractivity contribution in [2.24, 2.45) is 5.92 Å². The van der Waals surface area contributed by atoms with Crippen LogP contribution in [0.2, 0.25) is 0 Å². The van der Waals surface area contributed by atoms with Crippen molar-refractivity contribution in [1.29, 1.82) is 0 Å². The molecule has 0 unspecified atom stereocenters. The zero-order chi connectivity index (χ0) is 25.0. The van der Waals surface area contributed by atoms with Crippen molar-refractivity contribution >= 4 is 21.4 Å². The minimum absolute atomic E-state index is 0.117. The average molecular weight is 499 g/mol. The van der Waals surface area contributed by atoms with Gasteiger partial charge in [-0.15, -0.1) is 0 Å². The standard InChI is InChI=1S/C27H25F3N2O2S/c1-16-10-12-24(17(2)14-16)32-35(33,34)18-11-13-25-22(15-18)19-7-5-8-20(19)26(31-25)21-6-3-4-9-23(21)27(28,29)30/h3-7,9-15,19-20,26,31-32H,8H2,1-2H3/t19-,20+,26-/m0/s1. The number of alkyl halides is 3. The Labute approximate surface area is 202 Å². The molecule has 0 saturated carbocycles. The normalized spacial score (nSPS) is 21.2. The van der Waals surface area contributed by atoms with Gasteiger partial charge < -0.3 is 5.32 Å². The van der Waals surface area contributed by atoms with Gasteiger partial charge in [-0.05, 0) is 73.2 Å². The van der Waals surface area contributed by atoms with Crippen LogP contribution >= 0.6 is 0 Å². The molecule has 182 valence electrons. The second-order valence-corrected chi connectivity index (χ2v) is 10.9. The van der Waals surface area contributed by atoms with Crippen molar-refractivity contribution < 1.29 is 21.6 Å². The molecule has 35 heavy (non-hydrogen) atoms. The lowest BCUT2D eigenvalue weighted by Gasteiger charge is -2.38. The lowest BCUT2D eigenvalue weighted by Crippen LogP contribution is -2.31. The van der Waals surface area contributed by atoms with Crippen molar-refractivity contribution in [1.82, 2.24) is 0 Å². The minimum atomic E-state index is -4.46. The quantitative estimate of drug-likeness (QED) is 0.383. The number of benzene rings is 3. The Morgan fingerprint density at radius 1 is 0.971 bits per heavy atom. The molecule has 4 nitrogen and oxygen atoms in total. The maximum Gasteiger partial charge on any atom is 0.416 e. The van der Waals surface area contributed by atoms with Gasteiger partial charge in [0, 0.05) is 11.6 Å². The van der Waals surface area contributed by atoms with Crippen LogP contribution in [0.3, 0.4) is 0 Å². The Balaban J connectivity index is 1.51. The topological polar surface area (TPSA) is 58.2 Å². The average Bonchev–Trinajstić information content (AvgIpc) is 3.30. The molecule has 2 aliphatic rings. The number of fused-ring (bicyclic) bond motifs is 3. The Kier molecular flexibility index (Phi) is 5.67. The van der Waals surface area contributed by atoms with Crippen LogP contribution in [0.25, 0.3) is 0 Å². The Bertz CT molecular complexity index is 1430. The fourth-order valence-electron chi connectivity index (χ4n) is 5.21. The molecule has 0 fully saturated rings. The van der Waals surface area contributed by atoms with E-state index in [4.69, 9.17) is 0 Å². The van der Waals surface area contributed by atoms with E-state index in [-0.39, 0.29) is 22.3 Å². The Morgan fingerprint density at radius 3 is 2.49 bits per heavy atom. The summed E-state index contributed by atoms with van der Waals surface area (Å²) in [6.07, 6.45) is 0.0788. The van der Waals surface area contributed by atoms with Crippen molar-refractivity contribution in [2.45, 2.75) is 43.3 Å². The van der Waals surface area contributed by atoms with Gasteiger partial charge in [0.2, 0.25) is 0 Å². The molecule has 0 saturated heterocycles. The fourth-order valence-corrected chi connectivity index (χ4v) is 6.37. The summed E-state index contributed by atoms with van der Waals surface area (Å²) < 4.78 is 70.2. The first-order valence-electron chi connectivity index (χ1n) is 11.4. The van der Waals surface area contributed by atoms with Gasteiger partial charge >= 0.3 is 6.18 Å². The molecule has 0 aromatic heterocycles. The predicted molar refractivity (Wildman–Crippen MR) is 131 cm³/mol. The smallest absolute Gasteiger partial charge is 0.378 e. The molecule has 0 bridgehead atoms. The van der Waals surface area contributed by atoms with Crippen LogP contribution in [-0.4, -0.2) is 8.42 Å². The molecule has 1 aliphatic heterocycles. The van der Waals surface area contributed by atoms with E-state index in [9.17, 15) is 21.6 Å². The minimum Gasteiger partial charge on any atom is -0.378 e. The molecule has 5 rings (SSSR count). The summed E-state index contributed by atoms with van der Waals surface area (Å²) in [5.74, 6) is -0.343. The molecule has 2 N–H and O–H groups in total. The van der Waals surface area contributed by atoms with E-state index in [2.05, 4.69) is 10.0 Å². The highest BCUT2D eigenvalue weighted by atomic mass is 32.2. The van der Waals surface area contributed by atoms with E-state index in [0.717, 1.165) is 22.8 Å². The molecule has 1 aliphatic carbocycles. The number of allylic oxidation sites excluding steroid dienone is 2. The lowest BCUT2D eigenvalue weighted by molar-refractivity contribution is -0.138. The van der Waals surface area contributed by atoms with Crippen molar-refractivity contribution in [3.8, 4) is 0 Å². The maximum absolute atomic E-state index is 13.7. The van der Waals surface area contributed by atoms with Gasteiger partial charge in [0.15, 0.2) is 0 Å². The van der Waals surface area contributed by atoms with Crippen LogP contribution in [0.1, 0.15) is 46.2 Å². The number of aryl methyl sites for hydroxylation is 2. The molecule has 0 radical (unpaired) electrons. The van der Waals surface area contributed by atoms with E-state index < -0.39 is 27.8 Å². The lowest BCUT2D eigenvalue weighted by atomic mass is 9.76. The van der Waals surface area contributed by atoms with E-state index in [0.29, 0.717) is 17.8 Å². The summed E-state index contributed by atoms with van der Waals surface area (Å²) in [5, 5.41) is 3.29. The summed E-state index contributed by atoms with van der Waals surface area (Å²) in [5.41, 5.74) is 3.33. The summed E-state index contributed by atoms with van der Waals surface area (Å²) in [4.78, 5) is 0.117. The predicted octanol–water partition coefficient (Wildman–Crippen LogP) is 6.95. The van der Waals surface area contributed by atoms with Gasteiger partial charge in [-0.3, -0.25) is 4.72 Å². The number of sulfonamides is 1. The van der Waals surface area contributed by atoms with Gasteiger partial charge in [0.25, 0.3) is 10.0 Å². The molecule has 0 amide bonds. The SMILES string of the molecule is Cc1ccc(NS(=O)(=O)c2ccc3c(c2)[C@H]2C=CC[C@H]2[C@@H](c2ccccc2C(F)(F)F)N3)c(C)c1. The molecule has 3 atom stereocenters. The third kappa shape index (κ3) is 4.31. The zero-order valence-corrected chi connectivity index (χ0v) is 20.0. The van der Waals surface area contributed by atoms with Gasteiger partial charge in [0.1, 0.15) is 0 Å². The number of hydrogen-bond donors (Lipinski definition) is 2. The highest BCUT2D eigenvalue weighted by Gasteiger charge is 2.42. The molecule has 3 aromatic rings. The number of hydrogen-bond acceptors (Lipinski definition) is 3. The maximum atomic E-state index is 13.7. The third-order valence-electron chi connectivity index (χ3n) is 6.87. The first kappa shape index (κ1) is 23.5. The largest absolute Gasteiger partial charge is 0.416 e. The first-order chi connectivity index (χ1) is 16.5. The highest BCUT2D eigenvalue weighted by Crippen LogP contribution is 2.51. The second-order valence-electron chi connectivity index (χ2n) is 9.23. The van der Waals surface area contributed by atoms with Crippen LogP contribution in [0.15, 0.2) is 77.7 Å². The number of rotatable bonds is 4.